The zero-order valence-electron chi connectivity index (χ0n) is 18.7. The SMILES string of the molecule is Cc1cc(=O)oc2cc(OCC(=O)Nc3ccc(C(C=Cc4ccc(Cl)cc4)=NO)cc3)ccc12. The first-order chi connectivity index (χ1) is 16.9. The van der Waals surface area contributed by atoms with Gasteiger partial charge in [-0.1, -0.05) is 47.1 Å². The van der Waals surface area contributed by atoms with Crippen molar-refractivity contribution < 1.29 is 19.2 Å². The number of aryl methyl sites for hydroxylation is 1. The molecule has 8 heteroatoms. The van der Waals surface area contributed by atoms with E-state index < -0.39 is 5.63 Å². The first-order valence-corrected chi connectivity index (χ1v) is 11.0. The molecule has 0 radical (unpaired) electrons. The molecule has 176 valence electrons. The van der Waals surface area contributed by atoms with E-state index in [1.807, 2.05) is 19.1 Å². The van der Waals surface area contributed by atoms with E-state index in [2.05, 4.69) is 10.5 Å². The fourth-order valence-corrected chi connectivity index (χ4v) is 3.53. The van der Waals surface area contributed by atoms with Gasteiger partial charge in [0.25, 0.3) is 5.91 Å². The van der Waals surface area contributed by atoms with Crippen molar-refractivity contribution in [3.63, 3.8) is 0 Å². The topological polar surface area (TPSA) is 101 Å². The molecule has 0 unspecified atom stereocenters. The maximum absolute atomic E-state index is 12.3. The van der Waals surface area contributed by atoms with Crippen LogP contribution in [0.1, 0.15) is 16.7 Å². The van der Waals surface area contributed by atoms with E-state index in [4.69, 9.17) is 20.8 Å². The molecule has 1 aromatic heterocycles. The van der Waals surface area contributed by atoms with Crippen molar-refractivity contribution >= 4 is 46.0 Å². The van der Waals surface area contributed by atoms with Gasteiger partial charge in [-0.15, -0.1) is 0 Å². The molecule has 3 aromatic carbocycles. The summed E-state index contributed by atoms with van der Waals surface area (Å²) in [6, 6.07) is 20.6. The second kappa shape index (κ2) is 10.7. The summed E-state index contributed by atoms with van der Waals surface area (Å²) >= 11 is 5.89. The first-order valence-electron chi connectivity index (χ1n) is 10.6. The van der Waals surface area contributed by atoms with Gasteiger partial charge >= 0.3 is 5.63 Å². The number of fused-ring (bicyclic) bond motifs is 1. The summed E-state index contributed by atoms with van der Waals surface area (Å²) in [6.45, 7) is 1.60. The number of carbonyl (C=O) groups is 1. The van der Waals surface area contributed by atoms with Crippen LogP contribution >= 0.6 is 11.6 Å². The van der Waals surface area contributed by atoms with Crippen LogP contribution < -0.4 is 15.7 Å². The van der Waals surface area contributed by atoms with Crippen LogP contribution in [0.15, 0.2) is 93.2 Å². The highest BCUT2D eigenvalue weighted by Gasteiger charge is 2.08. The number of rotatable bonds is 7. The minimum atomic E-state index is -0.441. The van der Waals surface area contributed by atoms with Crippen LogP contribution in [-0.2, 0) is 4.79 Å². The van der Waals surface area contributed by atoms with Crippen molar-refractivity contribution in [3.05, 3.63) is 111 Å². The number of nitrogens with zero attached hydrogens (tertiary/aromatic N) is 1. The Morgan fingerprint density at radius 1 is 1.09 bits per heavy atom. The fraction of sp³-hybridized carbons (Fsp3) is 0.0741. The van der Waals surface area contributed by atoms with E-state index in [1.54, 1.807) is 66.7 Å². The van der Waals surface area contributed by atoms with E-state index in [0.29, 0.717) is 33.3 Å². The lowest BCUT2D eigenvalue weighted by atomic mass is 10.1. The van der Waals surface area contributed by atoms with Gasteiger partial charge in [0.15, 0.2) is 6.61 Å². The maximum Gasteiger partial charge on any atom is 0.336 e. The average Bonchev–Trinajstić information content (AvgIpc) is 2.85. The van der Waals surface area contributed by atoms with Crippen LogP contribution in [-0.4, -0.2) is 23.4 Å². The van der Waals surface area contributed by atoms with Crippen LogP contribution in [0.3, 0.4) is 0 Å². The number of anilines is 1. The van der Waals surface area contributed by atoms with Gasteiger partial charge in [-0.2, -0.15) is 0 Å². The number of hydrogen-bond donors (Lipinski definition) is 2. The highest BCUT2D eigenvalue weighted by molar-refractivity contribution is 6.30. The predicted octanol–water partition coefficient (Wildman–Crippen LogP) is 5.66. The molecule has 0 spiro atoms. The van der Waals surface area contributed by atoms with E-state index in [1.165, 1.54) is 6.07 Å². The van der Waals surface area contributed by atoms with Crippen LogP contribution in [0, 0.1) is 6.92 Å². The third kappa shape index (κ3) is 6.16. The Labute approximate surface area is 205 Å². The molecule has 0 fully saturated rings. The average molecular weight is 489 g/mol. The van der Waals surface area contributed by atoms with Crippen LogP contribution in [0.25, 0.3) is 17.0 Å². The lowest BCUT2D eigenvalue weighted by Gasteiger charge is -2.09. The Morgan fingerprint density at radius 2 is 1.83 bits per heavy atom. The van der Waals surface area contributed by atoms with E-state index in [-0.39, 0.29) is 12.5 Å². The number of hydrogen-bond acceptors (Lipinski definition) is 6. The molecule has 0 saturated heterocycles. The Balaban J connectivity index is 1.35. The molecule has 4 rings (SSSR count). The van der Waals surface area contributed by atoms with E-state index in [0.717, 1.165) is 16.5 Å². The molecule has 0 aliphatic heterocycles. The third-order valence-corrected chi connectivity index (χ3v) is 5.42. The maximum atomic E-state index is 12.3. The molecule has 0 aliphatic carbocycles. The lowest BCUT2D eigenvalue weighted by molar-refractivity contribution is -0.118. The predicted molar refractivity (Wildman–Crippen MR) is 137 cm³/mol. The molecular formula is C27H21ClN2O5. The molecule has 35 heavy (non-hydrogen) atoms. The summed E-state index contributed by atoms with van der Waals surface area (Å²) in [5.74, 6) is 0.0512. The fourth-order valence-electron chi connectivity index (χ4n) is 3.40. The Kier molecular flexibility index (Phi) is 7.28. The molecular weight excluding hydrogens is 468 g/mol. The second-order valence-corrected chi connectivity index (χ2v) is 8.13. The van der Waals surface area contributed by atoms with Crippen LogP contribution in [0.2, 0.25) is 5.02 Å². The molecule has 0 bridgehead atoms. The minimum absolute atomic E-state index is 0.226. The van der Waals surface area contributed by atoms with Gasteiger partial charge in [-0.25, -0.2) is 4.79 Å². The highest BCUT2D eigenvalue weighted by Crippen LogP contribution is 2.22. The van der Waals surface area contributed by atoms with Gasteiger partial charge < -0.3 is 19.7 Å². The zero-order valence-corrected chi connectivity index (χ0v) is 19.5. The number of ether oxygens (including phenoxy) is 1. The normalized spacial score (nSPS) is 11.7. The number of oxime groups is 1. The summed E-state index contributed by atoms with van der Waals surface area (Å²) in [5, 5.41) is 16.9. The van der Waals surface area contributed by atoms with Gasteiger partial charge in [0, 0.05) is 33.8 Å². The lowest BCUT2D eigenvalue weighted by Crippen LogP contribution is -2.20. The van der Waals surface area contributed by atoms with Gasteiger partial charge in [-0.3, -0.25) is 4.79 Å². The summed E-state index contributed by atoms with van der Waals surface area (Å²) in [6.07, 6.45) is 3.48. The smallest absolute Gasteiger partial charge is 0.336 e. The molecule has 4 aromatic rings. The molecule has 7 nitrogen and oxygen atoms in total. The molecule has 0 saturated carbocycles. The first kappa shape index (κ1) is 23.8. The van der Waals surface area contributed by atoms with Crippen molar-refractivity contribution in [1.29, 1.82) is 0 Å². The summed E-state index contributed by atoms with van der Waals surface area (Å²) in [7, 11) is 0. The number of amides is 1. The van der Waals surface area contributed by atoms with Crippen molar-refractivity contribution in [2.24, 2.45) is 5.16 Å². The number of benzene rings is 3. The largest absolute Gasteiger partial charge is 0.484 e. The molecule has 1 amide bonds. The Bertz CT molecular complexity index is 1470. The van der Waals surface area contributed by atoms with Crippen molar-refractivity contribution in [2.45, 2.75) is 6.92 Å². The summed E-state index contributed by atoms with van der Waals surface area (Å²) in [4.78, 5) is 23.9. The Hall–Kier alpha value is -4.36. The summed E-state index contributed by atoms with van der Waals surface area (Å²) < 4.78 is 10.7. The Morgan fingerprint density at radius 3 is 2.54 bits per heavy atom. The molecule has 0 aliphatic rings. The molecule has 0 atom stereocenters. The zero-order chi connectivity index (χ0) is 24.8. The van der Waals surface area contributed by atoms with Gasteiger partial charge in [0.05, 0.1) is 0 Å². The number of carbonyl (C=O) groups excluding carboxylic acids is 1. The van der Waals surface area contributed by atoms with E-state index in [9.17, 15) is 14.8 Å². The minimum Gasteiger partial charge on any atom is -0.484 e. The van der Waals surface area contributed by atoms with Crippen molar-refractivity contribution in [3.8, 4) is 5.75 Å². The summed E-state index contributed by atoms with van der Waals surface area (Å²) in [5.41, 5.74) is 3.25. The quantitative estimate of drug-likeness (QED) is 0.151. The van der Waals surface area contributed by atoms with Gasteiger partial charge in [0.1, 0.15) is 17.0 Å². The number of nitrogens with one attached hydrogen (secondary N) is 1. The van der Waals surface area contributed by atoms with Crippen molar-refractivity contribution in [1.82, 2.24) is 0 Å². The number of halogens is 1. The number of allylic oxidation sites excluding steroid dienone is 1. The second-order valence-electron chi connectivity index (χ2n) is 7.69. The molecule has 1 heterocycles. The van der Waals surface area contributed by atoms with Gasteiger partial charge in [0.2, 0.25) is 0 Å². The van der Waals surface area contributed by atoms with Crippen LogP contribution in [0.5, 0.6) is 5.75 Å². The van der Waals surface area contributed by atoms with Gasteiger partial charge in [-0.05, 0) is 60.5 Å². The van der Waals surface area contributed by atoms with Crippen LogP contribution in [0.4, 0.5) is 5.69 Å². The van der Waals surface area contributed by atoms with Crippen molar-refractivity contribution in [2.75, 3.05) is 11.9 Å². The van der Waals surface area contributed by atoms with E-state index >= 15 is 0 Å². The monoisotopic (exact) mass is 488 g/mol. The third-order valence-electron chi connectivity index (χ3n) is 5.17. The highest BCUT2D eigenvalue weighted by atomic mass is 35.5. The molecule has 2 N–H and O–H groups in total. The standard InChI is InChI=1S/C27H21ClN2O5/c1-17-14-27(32)35-25-15-22(11-12-23(17)25)34-16-26(31)29-21-9-5-19(6-10-21)24(30-33)13-4-18-2-7-20(28)8-3-18/h2-15,33H,16H2,1H3,(H,29,31).